The van der Waals surface area contributed by atoms with E-state index < -0.39 is 41.0 Å². The first-order valence-electron chi connectivity index (χ1n) is 9.13. The number of rotatable bonds is 10. The predicted molar refractivity (Wildman–Crippen MR) is 98.5 cm³/mol. The van der Waals surface area contributed by atoms with Gasteiger partial charge in [-0.05, 0) is 24.8 Å². The number of carbonyl (C=O) groups excluding carboxylic acids is 1. The summed E-state index contributed by atoms with van der Waals surface area (Å²) in [5.41, 5.74) is 6.54. The summed E-state index contributed by atoms with van der Waals surface area (Å²) in [5.74, 6) is -1.44. The molecule has 1 aromatic rings. The molecule has 1 aromatic carbocycles. The largest absolute Gasteiger partial charge is 0.481 e. The number of hydrazine groups is 1. The first-order chi connectivity index (χ1) is 12.9. The molecular weight excluding hydrogens is 352 g/mol. The lowest BCUT2D eigenvalue weighted by Gasteiger charge is -2.21. The number of hydrogen-bond acceptors (Lipinski definition) is 6. The van der Waals surface area contributed by atoms with E-state index in [-0.39, 0.29) is 12.8 Å². The molecule has 1 aliphatic rings. The van der Waals surface area contributed by atoms with Crippen molar-refractivity contribution in [1.29, 1.82) is 0 Å². The predicted octanol–water partition coefficient (Wildman–Crippen LogP) is 0.869. The molecule has 4 atom stereocenters. The minimum absolute atomic E-state index is 0.0920. The van der Waals surface area contributed by atoms with Gasteiger partial charge < -0.3 is 10.4 Å². The molecule has 0 radical (unpaired) electrons. The Hall–Kier alpha value is -2.52. The highest BCUT2D eigenvalue weighted by atomic mass is 16.6. The summed E-state index contributed by atoms with van der Waals surface area (Å²) in [7, 11) is 0. The Morgan fingerprint density at radius 2 is 2.00 bits per heavy atom. The summed E-state index contributed by atoms with van der Waals surface area (Å²) in [6.07, 6.45) is 1.95. The van der Waals surface area contributed by atoms with E-state index in [0.717, 1.165) is 12.0 Å². The number of nitrogens with one attached hydrogen (secondary N) is 3. The Morgan fingerprint density at radius 3 is 2.59 bits per heavy atom. The van der Waals surface area contributed by atoms with Gasteiger partial charge in [0, 0.05) is 17.4 Å². The molecule has 1 aliphatic heterocycles. The third kappa shape index (κ3) is 6.00. The number of nitrogens with zero attached hydrogens (tertiary/aromatic N) is 1. The lowest BCUT2D eigenvalue weighted by atomic mass is 9.97. The van der Waals surface area contributed by atoms with Gasteiger partial charge in [0.05, 0.1) is 6.04 Å². The van der Waals surface area contributed by atoms with E-state index in [1.165, 1.54) is 0 Å². The SMILES string of the molecule is CCCC1NNC(C(=O)NC(CCC(=O)O)Cc2ccccc2)C1[N+](=O)[O-]. The van der Waals surface area contributed by atoms with Crippen molar-refractivity contribution < 1.29 is 19.6 Å². The van der Waals surface area contributed by atoms with Crippen LogP contribution in [0.25, 0.3) is 0 Å². The molecule has 4 N–H and O–H groups in total. The first kappa shape index (κ1) is 20.8. The molecule has 9 heteroatoms. The van der Waals surface area contributed by atoms with Crippen LogP contribution in [0, 0.1) is 10.1 Å². The van der Waals surface area contributed by atoms with Gasteiger partial charge >= 0.3 is 5.97 Å². The molecule has 1 saturated heterocycles. The Labute approximate surface area is 157 Å². The van der Waals surface area contributed by atoms with E-state index in [0.29, 0.717) is 12.8 Å². The maximum absolute atomic E-state index is 12.7. The molecule has 1 amide bonds. The van der Waals surface area contributed by atoms with E-state index in [9.17, 15) is 19.7 Å². The number of aliphatic carboxylic acids is 1. The van der Waals surface area contributed by atoms with E-state index in [1.807, 2.05) is 37.3 Å². The second-order valence-electron chi connectivity index (χ2n) is 6.77. The van der Waals surface area contributed by atoms with Crippen LogP contribution in [0.2, 0.25) is 0 Å². The van der Waals surface area contributed by atoms with Crippen molar-refractivity contribution in [3.63, 3.8) is 0 Å². The summed E-state index contributed by atoms with van der Waals surface area (Å²) in [6.45, 7) is 1.92. The third-order valence-corrected chi connectivity index (χ3v) is 4.68. The third-order valence-electron chi connectivity index (χ3n) is 4.68. The Balaban J connectivity index is 2.07. The zero-order valence-corrected chi connectivity index (χ0v) is 15.3. The summed E-state index contributed by atoms with van der Waals surface area (Å²) in [6, 6.07) is 6.48. The van der Waals surface area contributed by atoms with Gasteiger partial charge in [-0.2, -0.15) is 0 Å². The maximum atomic E-state index is 12.7. The van der Waals surface area contributed by atoms with E-state index in [2.05, 4.69) is 16.2 Å². The van der Waals surface area contributed by atoms with Crippen LogP contribution in [0.4, 0.5) is 0 Å². The van der Waals surface area contributed by atoms with Crippen molar-refractivity contribution in [2.24, 2.45) is 0 Å². The van der Waals surface area contributed by atoms with Crippen molar-refractivity contribution in [2.75, 3.05) is 0 Å². The highest BCUT2D eigenvalue weighted by Crippen LogP contribution is 2.16. The lowest BCUT2D eigenvalue weighted by molar-refractivity contribution is -0.523. The van der Waals surface area contributed by atoms with Crippen LogP contribution in [-0.2, 0) is 16.0 Å². The average molecular weight is 378 g/mol. The van der Waals surface area contributed by atoms with Crippen molar-refractivity contribution in [3.8, 4) is 0 Å². The van der Waals surface area contributed by atoms with Crippen LogP contribution in [0.1, 0.15) is 38.2 Å². The highest BCUT2D eigenvalue weighted by Gasteiger charge is 2.48. The molecule has 0 aliphatic carbocycles. The minimum atomic E-state index is -1.07. The molecule has 0 saturated carbocycles. The molecule has 27 heavy (non-hydrogen) atoms. The average Bonchev–Trinajstić information content (AvgIpc) is 3.05. The van der Waals surface area contributed by atoms with Crippen LogP contribution >= 0.6 is 0 Å². The summed E-state index contributed by atoms with van der Waals surface area (Å²) in [5, 5.41) is 23.2. The number of amides is 1. The van der Waals surface area contributed by atoms with Crippen molar-refractivity contribution in [3.05, 3.63) is 46.0 Å². The van der Waals surface area contributed by atoms with Gasteiger partial charge in [0.15, 0.2) is 6.04 Å². The number of nitro groups is 1. The minimum Gasteiger partial charge on any atom is -0.481 e. The Morgan fingerprint density at radius 1 is 1.30 bits per heavy atom. The molecule has 4 unspecified atom stereocenters. The number of hydrogen-bond donors (Lipinski definition) is 4. The van der Waals surface area contributed by atoms with Gasteiger partial charge in [-0.3, -0.25) is 19.7 Å². The van der Waals surface area contributed by atoms with Crippen LogP contribution < -0.4 is 16.2 Å². The summed E-state index contributed by atoms with van der Waals surface area (Å²) < 4.78 is 0. The number of carboxylic acids is 1. The van der Waals surface area contributed by atoms with Crippen molar-refractivity contribution in [2.45, 2.75) is 63.2 Å². The van der Waals surface area contributed by atoms with E-state index in [1.54, 1.807) is 0 Å². The quantitative estimate of drug-likeness (QED) is 0.351. The first-order valence-corrected chi connectivity index (χ1v) is 9.13. The number of carboxylic acid groups (broad SMARTS) is 1. The second-order valence-corrected chi connectivity index (χ2v) is 6.77. The maximum Gasteiger partial charge on any atom is 0.303 e. The second kappa shape index (κ2) is 9.98. The molecule has 1 heterocycles. The van der Waals surface area contributed by atoms with Crippen LogP contribution in [0.15, 0.2) is 30.3 Å². The van der Waals surface area contributed by atoms with Gasteiger partial charge in [0.2, 0.25) is 5.91 Å². The summed E-state index contributed by atoms with van der Waals surface area (Å²) in [4.78, 5) is 34.7. The zero-order valence-electron chi connectivity index (χ0n) is 15.3. The lowest BCUT2D eigenvalue weighted by Crippen LogP contribution is -2.53. The number of carbonyl (C=O) groups is 2. The van der Waals surface area contributed by atoms with Gasteiger partial charge in [-0.15, -0.1) is 0 Å². The molecular formula is C18H26N4O5. The van der Waals surface area contributed by atoms with Crippen LogP contribution in [-0.4, -0.2) is 46.1 Å². The molecule has 1 fully saturated rings. The van der Waals surface area contributed by atoms with E-state index in [4.69, 9.17) is 5.11 Å². The smallest absolute Gasteiger partial charge is 0.303 e. The van der Waals surface area contributed by atoms with Gasteiger partial charge in [-0.25, -0.2) is 10.9 Å². The Kier molecular flexibility index (Phi) is 7.68. The summed E-state index contributed by atoms with van der Waals surface area (Å²) >= 11 is 0. The molecule has 0 bridgehead atoms. The zero-order chi connectivity index (χ0) is 19.8. The fourth-order valence-corrected chi connectivity index (χ4v) is 3.36. The van der Waals surface area contributed by atoms with E-state index >= 15 is 0 Å². The van der Waals surface area contributed by atoms with Crippen molar-refractivity contribution in [1.82, 2.24) is 16.2 Å². The van der Waals surface area contributed by atoms with Gasteiger partial charge in [0.25, 0.3) is 6.04 Å². The van der Waals surface area contributed by atoms with Gasteiger partial charge in [0.1, 0.15) is 0 Å². The number of benzene rings is 1. The molecule has 9 nitrogen and oxygen atoms in total. The Bertz CT molecular complexity index is 654. The highest BCUT2D eigenvalue weighted by molar-refractivity contribution is 5.83. The topological polar surface area (TPSA) is 134 Å². The van der Waals surface area contributed by atoms with Gasteiger partial charge in [-0.1, -0.05) is 43.7 Å². The molecule has 0 aromatic heterocycles. The van der Waals surface area contributed by atoms with Crippen LogP contribution in [0.3, 0.4) is 0 Å². The fraction of sp³-hybridized carbons (Fsp3) is 0.556. The molecule has 2 rings (SSSR count). The van der Waals surface area contributed by atoms with Crippen LogP contribution in [0.5, 0.6) is 0 Å². The molecule has 0 spiro atoms. The fourth-order valence-electron chi connectivity index (χ4n) is 3.36. The monoisotopic (exact) mass is 378 g/mol. The normalized spacial score (nSPS) is 22.9. The standard InChI is InChI=1S/C18H26N4O5/c1-2-6-14-17(22(26)27)16(21-20-14)18(25)19-13(9-10-15(23)24)11-12-7-4-3-5-8-12/h3-5,7-8,13-14,16-17,20-21H,2,6,9-11H2,1H3,(H,19,25)(H,23,24). The van der Waals surface area contributed by atoms with Crippen molar-refractivity contribution >= 4 is 11.9 Å². The molecule has 148 valence electrons.